The summed E-state index contributed by atoms with van der Waals surface area (Å²) in [5.41, 5.74) is 7.41. The van der Waals surface area contributed by atoms with Crippen LogP contribution >= 0.6 is 0 Å². The third kappa shape index (κ3) is 4.24. The molecule has 6 nitrogen and oxygen atoms in total. The van der Waals surface area contributed by atoms with Crippen LogP contribution in [-0.4, -0.2) is 44.5 Å². The van der Waals surface area contributed by atoms with Crippen LogP contribution in [0.3, 0.4) is 0 Å². The number of amides is 1. The number of nitrogens with zero attached hydrogens (tertiary/aromatic N) is 1. The molecule has 1 aromatic carbocycles. The van der Waals surface area contributed by atoms with Gasteiger partial charge >= 0.3 is 5.97 Å². The van der Waals surface area contributed by atoms with Crippen LogP contribution < -0.4 is 11.1 Å². The topological polar surface area (TPSA) is 84.7 Å². The summed E-state index contributed by atoms with van der Waals surface area (Å²) in [6, 6.07) is 5.29. The van der Waals surface area contributed by atoms with E-state index in [0.29, 0.717) is 30.8 Å². The van der Waals surface area contributed by atoms with Crippen molar-refractivity contribution in [3.05, 3.63) is 29.3 Å². The fourth-order valence-corrected chi connectivity index (χ4v) is 1.89. The Hall–Kier alpha value is -2.08. The van der Waals surface area contributed by atoms with Crippen LogP contribution in [-0.2, 0) is 16.1 Å². The highest BCUT2D eigenvalue weighted by atomic mass is 16.5. The largest absolute Gasteiger partial charge is 0.465 e. The van der Waals surface area contributed by atoms with Crippen molar-refractivity contribution < 1.29 is 14.3 Å². The molecule has 0 aliphatic rings. The molecule has 0 aliphatic carbocycles. The SMILES string of the molecule is CNC(=O)CCN(C)Cc1cccc(N)c1C(=O)OC. The Bertz CT molecular complexity index is 489. The van der Waals surface area contributed by atoms with E-state index in [-0.39, 0.29) is 5.91 Å². The van der Waals surface area contributed by atoms with Crippen molar-refractivity contribution in [1.82, 2.24) is 10.2 Å². The van der Waals surface area contributed by atoms with E-state index in [1.807, 2.05) is 18.0 Å². The first-order valence-electron chi connectivity index (χ1n) is 6.34. The van der Waals surface area contributed by atoms with Gasteiger partial charge in [-0.1, -0.05) is 12.1 Å². The Balaban J connectivity index is 2.79. The van der Waals surface area contributed by atoms with Gasteiger partial charge in [-0.15, -0.1) is 0 Å². The number of nitrogen functional groups attached to an aromatic ring is 1. The molecule has 1 amide bonds. The summed E-state index contributed by atoms with van der Waals surface area (Å²) in [4.78, 5) is 24.9. The number of anilines is 1. The van der Waals surface area contributed by atoms with Gasteiger partial charge in [-0.2, -0.15) is 0 Å². The molecule has 0 saturated heterocycles. The lowest BCUT2D eigenvalue weighted by Gasteiger charge is -2.18. The van der Waals surface area contributed by atoms with Crippen LogP contribution in [0, 0.1) is 0 Å². The number of nitrogens with one attached hydrogen (secondary N) is 1. The standard InChI is InChI=1S/C14H21N3O3/c1-16-12(18)7-8-17(2)9-10-5-4-6-11(15)13(10)14(19)20-3/h4-6H,7-9,15H2,1-3H3,(H,16,18). The van der Waals surface area contributed by atoms with E-state index in [0.717, 1.165) is 5.56 Å². The Morgan fingerprint density at radius 3 is 2.70 bits per heavy atom. The van der Waals surface area contributed by atoms with E-state index in [2.05, 4.69) is 5.32 Å². The van der Waals surface area contributed by atoms with Crippen LogP contribution in [0.1, 0.15) is 22.3 Å². The molecular weight excluding hydrogens is 258 g/mol. The van der Waals surface area contributed by atoms with Gasteiger partial charge in [0.2, 0.25) is 5.91 Å². The predicted molar refractivity (Wildman–Crippen MR) is 77.2 cm³/mol. The van der Waals surface area contributed by atoms with Gasteiger partial charge in [0.1, 0.15) is 0 Å². The molecular formula is C14H21N3O3. The van der Waals surface area contributed by atoms with Crippen molar-refractivity contribution in [2.45, 2.75) is 13.0 Å². The Morgan fingerprint density at radius 2 is 2.10 bits per heavy atom. The number of hydrogen-bond donors (Lipinski definition) is 2. The quantitative estimate of drug-likeness (QED) is 0.589. The van der Waals surface area contributed by atoms with Crippen LogP contribution in [0.2, 0.25) is 0 Å². The van der Waals surface area contributed by atoms with E-state index < -0.39 is 5.97 Å². The van der Waals surface area contributed by atoms with Crippen molar-refractivity contribution in [3.63, 3.8) is 0 Å². The summed E-state index contributed by atoms with van der Waals surface area (Å²) in [5.74, 6) is -0.463. The summed E-state index contributed by atoms with van der Waals surface area (Å²) < 4.78 is 4.75. The summed E-state index contributed by atoms with van der Waals surface area (Å²) in [7, 11) is 4.82. The first kappa shape index (κ1) is 16.0. The minimum absolute atomic E-state index is 0.0161. The van der Waals surface area contributed by atoms with E-state index in [9.17, 15) is 9.59 Å². The number of benzene rings is 1. The fourth-order valence-electron chi connectivity index (χ4n) is 1.89. The highest BCUT2D eigenvalue weighted by molar-refractivity contribution is 5.96. The fraction of sp³-hybridized carbons (Fsp3) is 0.429. The van der Waals surface area contributed by atoms with Crippen LogP contribution in [0.5, 0.6) is 0 Å². The van der Waals surface area contributed by atoms with Crippen LogP contribution in [0.25, 0.3) is 0 Å². The molecule has 0 fully saturated rings. The van der Waals surface area contributed by atoms with E-state index in [4.69, 9.17) is 10.5 Å². The molecule has 0 saturated carbocycles. The van der Waals surface area contributed by atoms with Gasteiger partial charge in [0.15, 0.2) is 0 Å². The molecule has 1 rings (SSSR count). The summed E-state index contributed by atoms with van der Waals surface area (Å²) in [5, 5.41) is 2.57. The first-order valence-corrected chi connectivity index (χ1v) is 6.34. The molecule has 0 aliphatic heterocycles. The number of carbonyl (C=O) groups is 2. The number of methoxy groups -OCH3 is 1. The van der Waals surface area contributed by atoms with Gasteiger partial charge in [0.25, 0.3) is 0 Å². The summed E-state index contributed by atoms with van der Waals surface area (Å²) >= 11 is 0. The zero-order chi connectivity index (χ0) is 15.1. The average molecular weight is 279 g/mol. The monoisotopic (exact) mass is 279 g/mol. The minimum atomic E-state index is -0.446. The summed E-state index contributed by atoms with van der Waals surface area (Å²) in [6.07, 6.45) is 0.406. The third-order valence-electron chi connectivity index (χ3n) is 3.01. The highest BCUT2D eigenvalue weighted by Gasteiger charge is 2.16. The van der Waals surface area contributed by atoms with Crippen LogP contribution in [0.4, 0.5) is 5.69 Å². The Morgan fingerprint density at radius 1 is 1.40 bits per heavy atom. The zero-order valence-electron chi connectivity index (χ0n) is 12.1. The molecule has 0 spiro atoms. The molecule has 0 aromatic heterocycles. The average Bonchev–Trinajstić information content (AvgIpc) is 2.44. The number of hydrogen-bond acceptors (Lipinski definition) is 5. The smallest absolute Gasteiger partial charge is 0.340 e. The van der Waals surface area contributed by atoms with Gasteiger partial charge < -0.3 is 20.7 Å². The molecule has 0 radical (unpaired) electrons. The second kappa shape index (κ2) is 7.49. The Labute approximate surface area is 118 Å². The molecule has 110 valence electrons. The maximum atomic E-state index is 11.8. The second-order valence-corrected chi connectivity index (χ2v) is 4.53. The van der Waals surface area contributed by atoms with Gasteiger partial charge in [-0.25, -0.2) is 4.79 Å². The van der Waals surface area contributed by atoms with Gasteiger partial charge in [-0.3, -0.25) is 4.79 Å². The molecule has 6 heteroatoms. The molecule has 0 heterocycles. The number of esters is 1. The van der Waals surface area contributed by atoms with Crippen molar-refractivity contribution in [1.29, 1.82) is 0 Å². The maximum absolute atomic E-state index is 11.8. The third-order valence-corrected chi connectivity index (χ3v) is 3.01. The van der Waals surface area contributed by atoms with Crippen molar-refractivity contribution in [3.8, 4) is 0 Å². The number of rotatable bonds is 6. The number of nitrogens with two attached hydrogens (primary N) is 1. The van der Waals surface area contributed by atoms with E-state index in [1.165, 1.54) is 7.11 Å². The summed E-state index contributed by atoms with van der Waals surface area (Å²) in [6.45, 7) is 1.11. The molecule has 1 aromatic rings. The molecule has 3 N–H and O–H groups in total. The Kier molecular flexibility index (Phi) is 5.99. The van der Waals surface area contributed by atoms with Crippen LogP contribution in [0.15, 0.2) is 18.2 Å². The predicted octanol–water partition coefficient (Wildman–Crippen LogP) is 0.623. The minimum Gasteiger partial charge on any atom is -0.465 e. The lowest BCUT2D eigenvalue weighted by molar-refractivity contribution is -0.120. The van der Waals surface area contributed by atoms with Crippen molar-refractivity contribution in [2.75, 3.05) is 33.5 Å². The number of ether oxygens (including phenoxy) is 1. The normalized spacial score (nSPS) is 10.4. The highest BCUT2D eigenvalue weighted by Crippen LogP contribution is 2.19. The lowest BCUT2D eigenvalue weighted by Crippen LogP contribution is -2.27. The van der Waals surface area contributed by atoms with Gasteiger partial charge in [-0.05, 0) is 18.7 Å². The van der Waals surface area contributed by atoms with E-state index in [1.54, 1.807) is 19.2 Å². The maximum Gasteiger partial charge on any atom is 0.340 e. The van der Waals surface area contributed by atoms with E-state index >= 15 is 0 Å². The molecule has 20 heavy (non-hydrogen) atoms. The molecule has 0 unspecified atom stereocenters. The van der Waals surface area contributed by atoms with Crippen molar-refractivity contribution >= 4 is 17.6 Å². The lowest BCUT2D eigenvalue weighted by atomic mass is 10.0. The first-order chi connectivity index (χ1) is 9.49. The molecule has 0 bridgehead atoms. The zero-order valence-corrected chi connectivity index (χ0v) is 12.1. The second-order valence-electron chi connectivity index (χ2n) is 4.53. The number of carbonyl (C=O) groups excluding carboxylic acids is 2. The van der Waals surface area contributed by atoms with Crippen molar-refractivity contribution in [2.24, 2.45) is 0 Å². The molecule has 0 atom stereocenters. The van der Waals surface area contributed by atoms with Gasteiger partial charge in [0, 0.05) is 32.2 Å². The van der Waals surface area contributed by atoms with Gasteiger partial charge in [0.05, 0.1) is 12.7 Å².